The molecule has 3 saturated heterocycles. The van der Waals surface area contributed by atoms with Crippen molar-refractivity contribution in [1.29, 1.82) is 0 Å². The lowest BCUT2D eigenvalue weighted by Gasteiger charge is -2.35. The van der Waals surface area contributed by atoms with Crippen molar-refractivity contribution in [3.8, 4) is 5.75 Å². The fraction of sp³-hybridized carbons (Fsp3) is 0.500. The number of benzene rings is 1. The Morgan fingerprint density at radius 2 is 1.65 bits per heavy atom. The zero-order chi connectivity index (χ0) is 40.1. The molecule has 1 aromatic carbocycles. The third-order valence-corrected chi connectivity index (χ3v) is 8.83. The van der Waals surface area contributed by atoms with E-state index in [0.717, 1.165) is 25.2 Å². The predicted octanol–water partition coefficient (Wildman–Crippen LogP) is 5.83. The number of hydrogen-bond acceptors (Lipinski definition) is 9. The van der Waals surface area contributed by atoms with E-state index in [1.165, 1.54) is 19.1 Å². The number of esters is 2. The van der Waals surface area contributed by atoms with Gasteiger partial charge >= 0.3 is 11.9 Å². The molecule has 1 spiro atoms. The number of epoxide rings is 1. The molecule has 11 nitrogen and oxygen atoms in total. The minimum Gasteiger partial charge on any atom is -0.493 e. The molecule has 0 saturated carbocycles. The minimum absolute atomic E-state index is 0.00892. The highest BCUT2D eigenvalue weighted by Crippen LogP contribution is 2.44. The van der Waals surface area contributed by atoms with Crippen molar-refractivity contribution in [2.24, 2.45) is 5.92 Å². The fourth-order valence-electron chi connectivity index (χ4n) is 5.83. The Hall–Kier alpha value is -4.95. The molecule has 0 aliphatic carbocycles. The molecule has 2 amide bonds. The molecule has 16 heteroatoms. The van der Waals surface area contributed by atoms with Crippen molar-refractivity contribution >= 4 is 23.8 Å². The summed E-state index contributed by atoms with van der Waals surface area (Å²) in [6, 6.07) is -0.240. The minimum atomic E-state index is -2.41. The zero-order valence-electron chi connectivity index (χ0n) is 30.9. The first kappa shape index (κ1) is 41.8. The summed E-state index contributed by atoms with van der Waals surface area (Å²) < 4.78 is 95.9. The van der Waals surface area contributed by atoms with E-state index in [-0.39, 0.29) is 30.4 Å². The van der Waals surface area contributed by atoms with Gasteiger partial charge in [-0.05, 0) is 64.8 Å². The van der Waals surface area contributed by atoms with E-state index < -0.39 is 76.0 Å². The molecule has 2 N–H and O–H groups in total. The van der Waals surface area contributed by atoms with Gasteiger partial charge in [0.05, 0.1) is 24.8 Å². The van der Waals surface area contributed by atoms with Crippen LogP contribution in [0, 0.1) is 35.0 Å². The van der Waals surface area contributed by atoms with E-state index in [9.17, 15) is 41.1 Å². The van der Waals surface area contributed by atoms with E-state index in [1.807, 2.05) is 32.9 Å². The maximum absolute atomic E-state index is 14.1. The molecular formula is C38H43F5N2O9. The highest BCUT2D eigenvalue weighted by atomic mass is 19.2. The van der Waals surface area contributed by atoms with Crippen LogP contribution in [0.25, 0.3) is 0 Å². The number of ether oxygens (including phenoxy) is 5. The summed E-state index contributed by atoms with van der Waals surface area (Å²) in [7, 11) is 0. The van der Waals surface area contributed by atoms with Crippen LogP contribution in [-0.4, -0.2) is 65.9 Å². The van der Waals surface area contributed by atoms with Crippen LogP contribution in [0.3, 0.4) is 0 Å². The smallest absolute Gasteiger partial charge is 0.336 e. The average molecular weight is 767 g/mol. The molecule has 4 rings (SSSR count). The van der Waals surface area contributed by atoms with Crippen LogP contribution < -0.4 is 15.4 Å². The van der Waals surface area contributed by atoms with Gasteiger partial charge in [0, 0.05) is 31.8 Å². The standard InChI is InChI=1S/C38H43F5N2O9/c1-19(9-12-27-20(2)14-26(22(4)52-27)44-28(47)13-10-21(3)51-23(5)46)8-11-24-16-38(18-50-38)17-25(53-24)15-29(48)45-37(6,7)36(49)54-35-33(42)31(40)30(39)32(41)34(35)43/h8-10,12-13,20-22,25-26H,14-18H2,1-7H3,(H,44,47)(H,45,48)/b13-10-,19-9+,27-12+/t11?,20-,21?,22+,25+,26?,38?/m0/s1. The summed E-state index contributed by atoms with van der Waals surface area (Å²) >= 11 is 0. The van der Waals surface area contributed by atoms with Crippen molar-refractivity contribution in [1.82, 2.24) is 10.6 Å². The molecule has 6 atom stereocenters. The molecule has 0 aromatic heterocycles. The van der Waals surface area contributed by atoms with Gasteiger partial charge in [-0.25, -0.2) is 18.0 Å². The van der Waals surface area contributed by atoms with Crippen LogP contribution in [0.2, 0.25) is 0 Å². The molecule has 3 unspecified atom stereocenters. The van der Waals surface area contributed by atoms with Gasteiger partial charge in [-0.3, -0.25) is 14.4 Å². The molecule has 3 aliphatic rings. The second-order valence-electron chi connectivity index (χ2n) is 14.2. The van der Waals surface area contributed by atoms with Crippen LogP contribution in [0.15, 0.2) is 53.2 Å². The number of hydrogen-bond donors (Lipinski definition) is 2. The van der Waals surface area contributed by atoms with Gasteiger partial charge in [0.25, 0.3) is 0 Å². The SMILES string of the molecule is CC(=O)OC(C)/C=C\C(=O)NC1C[C@H](C)/C(=C\C=C(/C)C=C=C2CC3(CO3)C[C@@H](CC(=O)NC(C)(C)C(=O)Oc3c(F)c(F)c(F)c(F)c3F)O2)O[C@@H]1C. The van der Waals surface area contributed by atoms with Gasteiger partial charge in [-0.15, -0.1) is 0 Å². The largest absolute Gasteiger partial charge is 0.493 e. The van der Waals surface area contributed by atoms with Gasteiger partial charge in [-0.2, -0.15) is 8.78 Å². The lowest BCUT2D eigenvalue weighted by molar-refractivity contribution is -0.144. The summed E-state index contributed by atoms with van der Waals surface area (Å²) in [5, 5.41) is 5.28. The maximum Gasteiger partial charge on any atom is 0.336 e. The van der Waals surface area contributed by atoms with Crippen LogP contribution in [0.1, 0.15) is 74.1 Å². The third-order valence-electron chi connectivity index (χ3n) is 8.83. The van der Waals surface area contributed by atoms with E-state index in [4.69, 9.17) is 18.9 Å². The second kappa shape index (κ2) is 17.0. The predicted molar refractivity (Wildman–Crippen MR) is 182 cm³/mol. The third kappa shape index (κ3) is 10.8. The molecule has 3 heterocycles. The van der Waals surface area contributed by atoms with Gasteiger partial charge in [0.1, 0.15) is 35.2 Å². The molecule has 1 aromatic rings. The maximum atomic E-state index is 14.1. The molecule has 3 fully saturated rings. The molecule has 54 heavy (non-hydrogen) atoms. The lowest BCUT2D eigenvalue weighted by Crippen LogP contribution is -2.52. The van der Waals surface area contributed by atoms with Gasteiger partial charge in [-0.1, -0.05) is 18.7 Å². The van der Waals surface area contributed by atoms with Crippen molar-refractivity contribution in [2.75, 3.05) is 6.61 Å². The number of rotatable bonds is 11. The molecule has 3 aliphatic heterocycles. The molecule has 0 bridgehead atoms. The van der Waals surface area contributed by atoms with Crippen LogP contribution in [-0.2, 0) is 38.1 Å². The van der Waals surface area contributed by atoms with Crippen molar-refractivity contribution in [3.63, 3.8) is 0 Å². The van der Waals surface area contributed by atoms with E-state index in [2.05, 4.69) is 21.1 Å². The quantitative estimate of drug-likeness (QED) is 0.0328. The first-order valence-corrected chi connectivity index (χ1v) is 17.2. The van der Waals surface area contributed by atoms with Gasteiger partial charge in [0.2, 0.25) is 46.6 Å². The first-order chi connectivity index (χ1) is 25.2. The summed E-state index contributed by atoms with van der Waals surface area (Å²) in [4.78, 5) is 49.1. The Morgan fingerprint density at radius 3 is 2.26 bits per heavy atom. The number of carbonyl (C=O) groups excluding carboxylic acids is 4. The highest BCUT2D eigenvalue weighted by Gasteiger charge is 2.51. The molecule has 0 radical (unpaired) electrons. The Labute approximate surface area is 309 Å². The van der Waals surface area contributed by atoms with Crippen LogP contribution >= 0.6 is 0 Å². The van der Waals surface area contributed by atoms with E-state index in [0.29, 0.717) is 31.6 Å². The second-order valence-corrected chi connectivity index (χ2v) is 14.2. The average Bonchev–Trinajstić information content (AvgIpc) is 3.83. The highest BCUT2D eigenvalue weighted by molar-refractivity contribution is 5.89. The van der Waals surface area contributed by atoms with Crippen molar-refractivity contribution in [3.05, 3.63) is 82.3 Å². The summed E-state index contributed by atoms with van der Waals surface area (Å²) in [6.07, 6.45) is 7.77. The van der Waals surface area contributed by atoms with Crippen molar-refractivity contribution in [2.45, 2.75) is 110 Å². The van der Waals surface area contributed by atoms with Gasteiger partial charge in [0.15, 0.2) is 0 Å². The Balaban J connectivity index is 1.34. The molecular weight excluding hydrogens is 723 g/mol. The van der Waals surface area contributed by atoms with E-state index in [1.54, 1.807) is 13.0 Å². The Bertz CT molecular complexity index is 1800. The fourth-order valence-corrected chi connectivity index (χ4v) is 5.83. The van der Waals surface area contributed by atoms with Crippen LogP contribution in [0.5, 0.6) is 5.75 Å². The van der Waals surface area contributed by atoms with Gasteiger partial charge < -0.3 is 34.3 Å². The number of allylic oxidation sites excluding steroid dienone is 4. The zero-order valence-corrected chi connectivity index (χ0v) is 30.9. The number of halogens is 5. The number of nitrogens with one attached hydrogen (secondary N) is 2. The Morgan fingerprint density at radius 1 is 1.02 bits per heavy atom. The van der Waals surface area contributed by atoms with Crippen LogP contribution in [0.4, 0.5) is 22.0 Å². The summed E-state index contributed by atoms with van der Waals surface area (Å²) in [6.45, 7) is 11.3. The molecule has 294 valence electrons. The lowest BCUT2D eigenvalue weighted by atomic mass is 9.92. The number of amides is 2. The summed E-state index contributed by atoms with van der Waals surface area (Å²) in [5.74, 6) is -15.2. The topological polar surface area (TPSA) is 142 Å². The first-order valence-electron chi connectivity index (χ1n) is 17.2. The Kier molecular flexibility index (Phi) is 13.2. The van der Waals surface area contributed by atoms with Crippen molar-refractivity contribution < 1.29 is 64.8 Å². The number of carbonyl (C=O) groups is 4. The monoisotopic (exact) mass is 766 g/mol. The summed E-state index contributed by atoms with van der Waals surface area (Å²) in [5.41, 5.74) is 1.41. The normalized spacial score (nSPS) is 25.3. The van der Waals surface area contributed by atoms with E-state index >= 15 is 0 Å².